The highest BCUT2D eigenvalue weighted by molar-refractivity contribution is 7.86. The summed E-state index contributed by atoms with van der Waals surface area (Å²) >= 11 is 0. The Hall–Kier alpha value is -1.42. The summed E-state index contributed by atoms with van der Waals surface area (Å²) in [6.45, 7) is 2.76. The maximum absolute atomic E-state index is 11.2. The van der Waals surface area contributed by atoms with Gasteiger partial charge in [-0.2, -0.15) is 8.42 Å². The van der Waals surface area contributed by atoms with Crippen LogP contribution in [0.5, 0.6) is 5.75 Å². The number of rotatable bonds is 14. The summed E-state index contributed by atoms with van der Waals surface area (Å²) in [6.07, 6.45) is 8.75. The Morgan fingerprint density at radius 3 is 2.24 bits per heavy atom. The maximum Gasteiger partial charge on any atom is 0.265 e. The second-order valence-corrected chi connectivity index (χ2v) is 11.3. The molecule has 0 aliphatic heterocycles. The molecule has 0 bridgehead atoms. The van der Waals surface area contributed by atoms with E-state index in [-0.39, 0.29) is 5.75 Å². The van der Waals surface area contributed by atoms with Crippen LogP contribution >= 0.6 is 7.92 Å². The molecule has 2 aromatic rings. The van der Waals surface area contributed by atoms with Gasteiger partial charge in [-0.05, 0) is 42.0 Å². The molecule has 0 radical (unpaired) electrons. The Balaban J connectivity index is 1.80. The van der Waals surface area contributed by atoms with E-state index >= 15 is 0 Å². The molecule has 2 rings (SSSR count). The molecule has 0 spiro atoms. The fourth-order valence-corrected chi connectivity index (χ4v) is 6.64. The van der Waals surface area contributed by atoms with Gasteiger partial charge in [-0.15, -0.1) is 0 Å². The summed E-state index contributed by atoms with van der Waals surface area (Å²) in [4.78, 5) is 0. The van der Waals surface area contributed by atoms with Gasteiger partial charge in [0.2, 0.25) is 0 Å². The van der Waals surface area contributed by atoms with Gasteiger partial charge < -0.3 is 4.74 Å². The SMILES string of the molecule is CCCCCCCc1ccc(OCCP(CCS(=O)(=O)O)c2ccccc2)cc1. The number of ether oxygens (including phenoxy) is 1. The molecule has 29 heavy (non-hydrogen) atoms. The van der Waals surface area contributed by atoms with E-state index in [0.29, 0.717) is 12.8 Å². The highest BCUT2D eigenvalue weighted by Crippen LogP contribution is 2.34. The number of hydrogen-bond acceptors (Lipinski definition) is 3. The fraction of sp³-hybridized carbons (Fsp3) is 0.478. The van der Waals surface area contributed by atoms with E-state index in [9.17, 15) is 8.42 Å². The largest absolute Gasteiger partial charge is 0.493 e. The molecule has 1 atom stereocenters. The Labute approximate surface area is 177 Å². The van der Waals surface area contributed by atoms with Crippen molar-refractivity contribution in [2.75, 3.05) is 24.7 Å². The lowest BCUT2D eigenvalue weighted by Crippen LogP contribution is -2.16. The Kier molecular flexibility index (Phi) is 10.7. The predicted molar refractivity (Wildman–Crippen MR) is 124 cm³/mol. The number of unbranched alkanes of at least 4 members (excludes halogenated alkanes) is 4. The second kappa shape index (κ2) is 13.0. The zero-order valence-electron chi connectivity index (χ0n) is 17.3. The summed E-state index contributed by atoms with van der Waals surface area (Å²) < 4.78 is 37.3. The smallest absolute Gasteiger partial charge is 0.265 e. The van der Waals surface area contributed by atoms with Crippen LogP contribution in [0, 0.1) is 0 Å². The van der Waals surface area contributed by atoms with Crippen LogP contribution < -0.4 is 10.0 Å². The van der Waals surface area contributed by atoms with Crippen LogP contribution in [0.25, 0.3) is 0 Å². The minimum atomic E-state index is -3.95. The van der Waals surface area contributed by atoms with Gasteiger partial charge in [0.1, 0.15) is 5.75 Å². The molecule has 0 amide bonds. The minimum Gasteiger partial charge on any atom is -0.493 e. The molecule has 1 unspecified atom stereocenters. The predicted octanol–water partition coefficient (Wildman–Crippen LogP) is 5.27. The Morgan fingerprint density at radius 2 is 1.59 bits per heavy atom. The van der Waals surface area contributed by atoms with Gasteiger partial charge in [-0.25, -0.2) is 0 Å². The summed E-state index contributed by atoms with van der Waals surface area (Å²) in [6, 6.07) is 18.2. The van der Waals surface area contributed by atoms with Crippen molar-refractivity contribution in [3.8, 4) is 5.75 Å². The molecule has 0 heterocycles. The summed E-state index contributed by atoms with van der Waals surface area (Å²) in [5.41, 5.74) is 1.34. The third-order valence-electron chi connectivity index (χ3n) is 4.86. The van der Waals surface area contributed by atoms with Crippen LogP contribution in [0.2, 0.25) is 0 Å². The van der Waals surface area contributed by atoms with Crippen LogP contribution in [-0.2, 0) is 16.5 Å². The molecule has 0 aromatic heterocycles. The van der Waals surface area contributed by atoms with Crippen LogP contribution in [-0.4, -0.2) is 37.7 Å². The van der Waals surface area contributed by atoms with E-state index < -0.39 is 18.0 Å². The van der Waals surface area contributed by atoms with E-state index in [2.05, 4.69) is 19.1 Å². The minimum absolute atomic E-state index is 0.208. The Bertz CT molecular complexity index is 791. The van der Waals surface area contributed by atoms with Gasteiger partial charge >= 0.3 is 0 Å². The first-order valence-corrected chi connectivity index (χ1v) is 13.8. The van der Waals surface area contributed by atoms with Crippen LogP contribution in [0.1, 0.15) is 44.6 Å². The van der Waals surface area contributed by atoms with E-state index in [1.807, 2.05) is 42.5 Å². The van der Waals surface area contributed by atoms with Crippen LogP contribution in [0.3, 0.4) is 0 Å². The Morgan fingerprint density at radius 1 is 0.897 bits per heavy atom. The molecule has 0 saturated heterocycles. The molecule has 0 saturated carbocycles. The average molecular weight is 437 g/mol. The summed E-state index contributed by atoms with van der Waals surface area (Å²) in [5.74, 6) is 0.637. The van der Waals surface area contributed by atoms with Gasteiger partial charge in [0.25, 0.3) is 10.1 Å². The van der Waals surface area contributed by atoms with Crippen molar-refractivity contribution in [3.05, 3.63) is 60.2 Å². The van der Waals surface area contributed by atoms with E-state index in [0.717, 1.165) is 23.6 Å². The topological polar surface area (TPSA) is 63.6 Å². The number of hydrogen-bond donors (Lipinski definition) is 1. The number of aryl methyl sites for hydroxylation is 1. The van der Waals surface area contributed by atoms with Crippen molar-refractivity contribution < 1.29 is 17.7 Å². The third kappa shape index (κ3) is 10.3. The second-order valence-electron chi connectivity index (χ2n) is 7.27. The molecule has 1 N–H and O–H groups in total. The van der Waals surface area contributed by atoms with Gasteiger partial charge in [0.15, 0.2) is 0 Å². The third-order valence-corrected chi connectivity index (χ3v) is 8.40. The highest BCUT2D eigenvalue weighted by atomic mass is 32.2. The monoisotopic (exact) mass is 436 g/mol. The van der Waals surface area contributed by atoms with Crippen molar-refractivity contribution in [1.82, 2.24) is 0 Å². The van der Waals surface area contributed by atoms with E-state index in [1.165, 1.54) is 37.7 Å². The molecule has 2 aromatic carbocycles. The highest BCUT2D eigenvalue weighted by Gasteiger charge is 2.15. The molecule has 0 aliphatic carbocycles. The molecule has 160 valence electrons. The molecule has 4 nitrogen and oxygen atoms in total. The van der Waals surface area contributed by atoms with Crippen molar-refractivity contribution >= 4 is 23.3 Å². The first kappa shape index (κ1) is 23.9. The standard InChI is InChI=1S/C23H33O4PS/c1-2-3-4-5-7-10-21-13-15-22(16-14-21)27-17-18-28(19-20-29(24,25)26)23-11-8-6-9-12-23/h6,8-9,11-16H,2-5,7,10,17-20H2,1H3,(H,24,25,26). The van der Waals surface area contributed by atoms with Gasteiger partial charge in [0.05, 0.1) is 12.4 Å². The van der Waals surface area contributed by atoms with Crippen molar-refractivity contribution in [2.45, 2.75) is 45.4 Å². The lowest BCUT2D eigenvalue weighted by Gasteiger charge is -2.18. The van der Waals surface area contributed by atoms with Crippen LogP contribution in [0.15, 0.2) is 54.6 Å². The summed E-state index contributed by atoms with van der Waals surface area (Å²) in [7, 11) is -4.65. The molecule has 0 fully saturated rings. The molecular weight excluding hydrogens is 403 g/mol. The molecule has 6 heteroatoms. The van der Waals surface area contributed by atoms with E-state index in [4.69, 9.17) is 9.29 Å². The quantitative estimate of drug-likeness (QED) is 0.249. The first-order chi connectivity index (χ1) is 14.0. The van der Waals surface area contributed by atoms with Crippen molar-refractivity contribution in [3.63, 3.8) is 0 Å². The fourth-order valence-electron chi connectivity index (χ4n) is 3.19. The number of benzene rings is 2. The van der Waals surface area contributed by atoms with Gasteiger partial charge in [-0.3, -0.25) is 4.55 Å². The first-order valence-electron chi connectivity index (χ1n) is 10.4. The lowest BCUT2D eigenvalue weighted by atomic mass is 10.1. The van der Waals surface area contributed by atoms with Crippen molar-refractivity contribution in [1.29, 1.82) is 0 Å². The summed E-state index contributed by atoms with van der Waals surface area (Å²) in [5, 5.41) is 1.13. The van der Waals surface area contributed by atoms with Gasteiger partial charge in [0, 0.05) is 6.16 Å². The molecule has 0 aliphatic rings. The normalized spacial score (nSPS) is 12.6. The van der Waals surface area contributed by atoms with E-state index in [1.54, 1.807) is 0 Å². The average Bonchev–Trinajstić information content (AvgIpc) is 2.71. The van der Waals surface area contributed by atoms with Crippen LogP contribution in [0.4, 0.5) is 0 Å². The maximum atomic E-state index is 11.2. The zero-order valence-corrected chi connectivity index (χ0v) is 19.0. The molecular formula is C23H33O4PS. The van der Waals surface area contributed by atoms with Crippen molar-refractivity contribution in [2.24, 2.45) is 0 Å². The van der Waals surface area contributed by atoms with Gasteiger partial charge in [-0.1, -0.05) is 83.0 Å². The zero-order chi connectivity index (χ0) is 21.0. The lowest BCUT2D eigenvalue weighted by molar-refractivity contribution is 0.343.